The molecule has 0 aliphatic carbocycles. The van der Waals surface area contributed by atoms with Gasteiger partial charge in [0.05, 0.1) is 12.7 Å². The second-order valence-corrected chi connectivity index (χ2v) is 5.82. The molecule has 1 amide bonds. The first-order valence-electron chi connectivity index (χ1n) is 7.82. The van der Waals surface area contributed by atoms with Crippen LogP contribution in [0.5, 0.6) is 0 Å². The molecule has 0 radical (unpaired) electrons. The molecule has 0 saturated carbocycles. The van der Waals surface area contributed by atoms with Gasteiger partial charge in [-0.05, 0) is 36.8 Å². The van der Waals surface area contributed by atoms with E-state index in [9.17, 15) is 22.8 Å². The van der Waals surface area contributed by atoms with E-state index in [1.165, 1.54) is 7.11 Å². The lowest BCUT2D eigenvalue weighted by Crippen LogP contribution is -2.43. The van der Waals surface area contributed by atoms with Crippen LogP contribution >= 0.6 is 0 Å². The van der Waals surface area contributed by atoms with Crippen molar-refractivity contribution >= 4 is 11.9 Å². The Morgan fingerprint density at radius 2 is 1.77 bits per heavy atom. The molecule has 0 aliphatic rings. The van der Waals surface area contributed by atoms with Crippen LogP contribution in [0.1, 0.15) is 27.0 Å². The molecule has 2 aromatic rings. The fourth-order valence-corrected chi connectivity index (χ4v) is 2.46. The molecule has 1 atom stereocenters. The molecule has 0 aromatic heterocycles. The van der Waals surface area contributed by atoms with Gasteiger partial charge in [0.25, 0.3) is 5.91 Å². The van der Waals surface area contributed by atoms with E-state index < -0.39 is 29.7 Å². The quantitative estimate of drug-likeness (QED) is 0.825. The number of aryl methyl sites for hydroxylation is 1. The van der Waals surface area contributed by atoms with Crippen molar-refractivity contribution < 1.29 is 27.5 Å². The Kier molecular flexibility index (Phi) is 6.02. The molecule has 0 unspecified atom stereocenters. The third kappa shape index (κ3) is 5.08. The third-order valence-corrected chi connectivity index (χ3v) is 3.79. The Morgan fingerprint density at radius 3 is 2.31 bits per heavy atom. The number of carbonyl (C=O) groups is 2. The summed E-state index contributed by atoms with van der Waals surface area (Å²) in [6.45, 7) is 1.90. The number of hydrogen-bond donors (Lipinski definition) is 1. The minimum absolute atomic E-state index is 0.0242. The highest BCUT2D eigenvalue weighted by Crippen LogP contribution is 2.29. The highest BCUT2D eigenvalue weighted by atomic mass is 19.4. The number of alkyl halides is 3. The van der Waals surface area contributed by atoms with Crippen molar-refractivity contribution in [2.24, 2.45) is 0 Å². The lowest BCUT2D eigenvalue weighted by atomic mass is 10.0. The fraction of sp³-hybridized carbons (Fsp3) is 0.263. The standard InChI is InChI=1S/C19H18F3NO3/c1-12-4-3-5-13(10-12)11-16(18(25)26-2)23-17(24)14-6-8-15(9-7-14)19(20,21)22/h3-10,16H,11H2,1-2H3,(H,23,24)/t16-/m1/s1. The van der Waals surface area contributed by atoms with Crippen LogP contribution in [-0.4, -0.2) is 25.0 Å². The molecule has 2 aromatic carbocycles. The van der Waals surface area contributed by atoms with Crippen LogP contribution in [0, 0.1) is 6.92 Å². The van der Waals surface area contributed by atoms with Crippen molar-refractivity contribution in [2.75, 3.05) is 7.11 Å². The maximum atomic E-state index is 12.6. The van der Waals surface area contributed by atoms with Crippen LogP contribution in [0.2, 0.25) is 0 Å². The van der Waals surface area contributed by atoms with Crippen LogP contribution in [-0.2, 0) is 22.1 Å². The lowest BCUT2D eigenvalue weighted by molar-refractivity contribution is -0.142. The molecule has 2 rings (SSSR count). The van der Waals surface area contributed by atoms with Gasteiger partial charge in [0.15, 0.2) is 0 Å². The number of hydrogen-bond acceptors (Lipinski definition) is 3. The van der Waals surface area contributed by atoms with Crippen molar-refractivity contribution in [3.63, 3.8) is 0 Å². The van der Waals surface area contributed by atoms with Gasteiger partial charge in [0.1, 0.15) is 6.04 Å². The van der Waals surface area contributed by atoms with Crippen LogP contribution in [0.4, 0.5) is 13.2 Å². The lowest BCUT2D eigenvalue weighted by Gasteiger charge is -2.17. The number of carbonyl (C=O) groups excluding carboxylic acids is 2. The summed E-state index contributed by atoms with van der Waals surface area (Å²) in [6, 6.07) is 10.3. The second-order valence-electron chi connectivity index (χ2n) is 5.82. The zero-order chi connectivity index (χ0) is 19.3. The summed E-state index contributed by atoms with van der Waals surface area (Å²) < 4.78 is 42.5. The van der Waals surface area contributed by atoms with E-state index in [1.807, 2.05) is 31.2 Å². The zero-order valence-electron chi connectivity index (χ0n) is 14.3. The minimum Gasteiger partial charge on any atom is -0.467 e. The van der Waals surface area contributed by atoms with Gasteiger partial charge in [-0.2, -0.15) is 13.2 Å². The molecular formula is C19H18F3NO3. The van der Waals surface area contributed by atoms with Crippen molar-refractivity contribution in [2.45, 2.75) is 25.6 Å². The van der Waals surface area contributed by atoms with Gasteiger partial charge in [-0.1, -0.05) is 29.8 Å². The number of benzene rings is 2. The molecule has 0 fully saturated rings. The molecule has 7 heteroatoms. The molecule has 0 heterocycles. The van der Waals surface area contributed by atoms with Crippen LogP contribution < -0.4 is 5.32 Å². The second kappa shape index (κ2) is 8.03. The number of rotatable bonds is 5. The smallest absolute Gasteiger partial charge is 0.416 e. The first-order valence-corrected chi connectivity index (χ1v) is 7.82. The Balaban J connectivity index is 2.14. The van der Waals surface area contributed by atoms with Crippen molar-refractivity contribution in [1.29, 1.82) is 0 Å². The normalized spacial score (nSPS) is 12.3. The van der Waals surface area contributed by atoms with Gasteiger partial charge in [0.2, 0.25) is 0 Å². The van der Waals surface area contributed by atoms with Gasteiger partial charge >= 0.3 is 12.1 Å². The maximum absolute atomic E-state index is 12.6. The van der Waals surface area contributed by atoms with Crippen LogP contribution in [0.3, 0.4) is 0 Å². The summed E-state index contributed by atoms with van der Waals surface area (Å²) in [5.74, 6) is -1.28. The Hall–Kier alpha value is -2.83. The minimum atomic E-state index is -4.48. The molecule has 0 saturated heterocycles. The summed E-state index contributed by atoms with van der Waals surface area (Å²) in [6.07, 6.45) is -4.27. The van der Waals surface area contributed by atoms with E-state index in [0.717, 1.165) is 35.4 Å². The van der Waals surface area contributed by atoms with E-state index >= 15 is 0 Å². The molecule has 1 N–H and O–H groups in total. The van der Waals surface area contributed by atoms with E-state index in [1.54, 1.807) is 0 Å². The van der Waals surface area contributed by atoms with Gasteiger partial charge in [-0.25, -0.2) is 4.79 Å². The number of ether oxygens (including phenoxy) is 1. The first kappa shape index (κ1) is 19.5. The van der Waals surface area contributed by atoms with Crippen LogP contribution in [0.15, 0.2) is 48.5 Å². The molecule has 0 aliphatic heterocycles. The van der Waals surface area contributed by atoms with Gasteiger partial charge < -0.3 is 10.1 Å². The number of methoxy groups -OCH3 is 1. The summed E-state index contributed by atoms with van der Waals surface area (Å²) in [7, 11) is 1.20. The Labute approximate surface area is 149 Å². The summed E-state index contributed by atoms with van der Waals surface area (Å²) >= 11 is 0. The predicted octanol–water partition coefficient (Wildman–Crippen LogP) is 3.53. The zero-order valence-corrected chi connectivity index (χ0v) is 14.3. The topological polar surface area (TPSA) is 55.4 Å². The summed E-state index contributed by atoms with van der Waals surface area (Å²) in [4.78, 5) is 24.3. The van der Waals surface area contributed by atoms with E-state index in [4.69, 9.17) is 4.74 Å². The fourth-order valence-electron chi connectivity index (χ4n) is 2.46. The summed E-state index contributed by atoms with van der Waals surface area (Å²) in [5, 5.41) is 2.52. The van der Waals surface area contributed by atoms with Crippen molar-refractivity contribution in [1.82, 2.24) is 5.32 Å². The number of halogens is 3. The summed E-state index contributed by atoms with van der Waals surface area (Å²) in [5.41, 5.74) is 1.00. The van der Waals surface area contributed by atoms with E-state index in [-0.39, 0.29) is 12.0 Å². The average molecular weight is 365 g/mol. The average Bonchev–Trinajstić information content (AvgIpc) is 2.59. The Morgan fingerprint density at radius 1 is 1.12 bits per heavy atom. The molecular weight excluding hydrogens is 347 g/mol. The maximum Gasteiger partial charge on any atom is 0.416 e. The number of esters is 1. The predicted molar refractivity (Wildman–Crippen MR) is 89.6 cm³/mol. The highest BCUT2D eigenvalue weighted by Gasteiger charge is 2.30. The van der Waals surface area contributed by atoms with Gasteiger partial charge in [0, 0.05) is 12.0 Å². The highest BCUT2D eigenvalue weighted by molar-refractivity contribution is 5.96. The first-order chi connectivity index (χ1) is 12.2. The van der Waals surface area contributed by atoms with E-state index in [2.05, 4.69) is 5.32 Å². The SMILES string of the molecule is COC(=O)[C@@H](Cc1cccc(C)c1)NC(=O)c1ccc(C(F)(F)F)cc1. The van der Waals surface area contributed by atoms with Gasteiger partial charge in [-0.15, -0.1) is 0 Å². The van der Waals surface area contributed by atoms with E-state index in [0.29, 0.717) is 0 Å². The van der Waals surface area contributed by atoms with Crippen molar-refractivity contribution in [3.05, 3.63) is 70.8 Å². The molecule has 0 bridgehead atoms. The van der Waals surface area contributed by atoms with Gasteiger partial charge in [-0.3, -0.25) is 4.79 Å². The van der Waals surface area contributed by atoms with Crippen LogP contribution in [0.25, 0.3) is 0 Å². The monoisotopic (exact) mass is 365 g/mol. The largest absolute Gasteiger partial charge is 0.467 e. The number of amides is 1. The molecule has 138 valence electrons. The third-order valence-electron chi connectivity index (χ3n) is 3.79. The Bertz CT molecular complexity index is 785. The molecule has 0 spiro atoms. The number of nitrogens with one attached hydrogen (secondary N) is 1. The molecule has 4 nitrogen and oxygen atoms in total. The molecule has 26 heavy (non-hydrogen) atoms. The van der Waals surface area contributed by atoms with Crippen molar-refractivity contribution in [3.8, 4) is 0 Å².